The van der Waals surface area contributed by atoms with E-state index in [0.29, 0.717) is 0 Å². The van der Waals surface area contributed by atoms with E-state index in [4.69, 9.17) is 0 Å². The zero-order valence-electron chi connectivity index (χ0n) is 30.2. The summed E-state index contributed by atoms with van der Waals surface area (Å²) in [5, 5.41) is 0. The molecule has 0 bridgehead atoms. The fourth-order valence-electron chi connectivity index (χ4n) is 6.20. The second kappa shape index (κ2) is 20.3. The molecule has 4 nitrogen and oxygen atoms in total. The van der Waals surface area contributed by atoms with Crippen molar-refractivity contribution in [3.8, 4) is 22.3 Å². The fraction of sp³-hybridized carbons (Fsp3) is 0.0833. The fourth-order valence-corrected chi connectivity index (χ4v) is 6.20. The van der Waals surface area contributed by atoms with Gasteiger partial charge in [-0.05, 0) is 22.3 Å². The number of hydrogen-bond acceptors (Lipinski definition) is 0. The van der Waals surface area contributed by atoms with Crippen molar-refractivity contribution in [2.75, 3.05) is 0 Å². The molecule has 4 heterocycles. The van der Waals surface area contributed by atoms with Gasteiger partial charge in [-0.2, -0.15) is 0 Å². The number of hydrogen-bond donors (Lipinski definition) is 0. The van der Waals surface area contributed by atoms with Crippen LogP contribution in [0, 0.1) is 0 Å². The van der Waals surface area contributed by atoms with Gasteiger partial charge in [0.1, 0.15) is 0 Å². The van der Waals surface area contributed by atoms with Crippen LogP contribution in [0.15, 0.2) is 219 Å². The molecule has 0 N–H and O–H groups in total. The molecule has 0 aliphatic carbocycles. The first kappa shape index (κ1) is 39.3. The summed E-state index contributed by atoms with van der Waals surface area (Å²) in [6, 6.07) is 59.6. The lowest BCUT2D eigenvalue weighted by atomic mass is 10.1. The van der Waals surface area contributed by atoms with Gasteiger partial charge < -0.3 is 0 Å². The molecule has 0 unspecified atom stereocenters. The molecular weight excluding hydrogens is 703 g/mol. The Hall–Kier alpha value is -5.94. The van der Waals surface area contributed by atoms with Crippen molar-refractivity contribution in [3.63, 3.8) is 0 Å². The molecule has 4 aromatic carbocycles. The van der Waals surface area contributed by atoms with Crippen LogP contribution in [0.3, 0.4) is 0 Å². The first-order chi connectivity index (χ1) is 25.7. The number of aromatic nitrogens is 4. The minimum atomic E-state index is 0. The Labute approximate surface area is 331 Å². The summed E-state index contributed by atoms with van der Waals surface area (Å²) in [7, 11) is 0. The number of nitrogens with zero attached hydrogens (tertiary/aromatic N) is 4. The van der Waals surface area contributed by atoms with Gasteiger partial charge in [0.25, 0.3) is 0 Å². The first-order valence-electron chi connectivity index (χ1n) is 17.9. The van der Waals surface area contributed by atoms with E-state index in [-0.39, 0.29) is 24.8 Å². The lowest BCUT2D eigenvalue weighted by molar-refractivity contribution is -0.688. The molecule has 0 amide bonds. The lowest BCUT2D eigenvalue weighted by Crippen LogP contribution is -2.33. The average molecular weight is 750 g/mol. The van der Waals surface area contributed by atoms with Gasteiger partial charge in [0.15, 0.2) is 75.8 Å². The van der Waals surface area contributed by atoms with Crippen LogP contribution in [-0.4, -0.2) is 0 Å². The van der Waals surface area contributed by atoms with Gasteiger partial charge in [-0.25, -0.2) is 18.3 Å². The second-order valence-electron chi connectivity index (χ2n) is 13.0. The molecule has 8 rings (SSSR count). The summed E-state index contributed by atoms with van der Waals surface area (Å²) in [5.74, 6) is 0. The summed E-state index contributed by atoms with van der Waals surface area (Å²) >= 11 is 0. The van der Waals surface area contributed by atoms with Crippen molar-refractivity contribution >= 4 is 24.8 Å². The zero-order chi connectivity index (χ0) is 35.2. The van der Waals surface area contributed by atoms with E-state index in [1.807, 2.05) is 0 Å². The molecule has 0 saturated heterocycles. The van der Waals surface area contributed by atoms with Crippen LogP contribution in [-0.2, 0) is 26.2 Å². The van der Waals surface area contributed by atoms with Crippen molar-refractivity contribution in [1.82, 2.24) is 0 Å². The molecule has 0 fully saturated rings. The molecule has 0 aliphatic rings. The monoisotopic (exact) mass is 748 g/mol. The van der Waals surface area contributed by atoms with Gasteiger partial charge in [0.05, 0.1) is 0 Å². The molecule has 0 aliphatic heterocycles. The highest BCUT2D eigenvalue weighted by Crippen LogP contribution is 2.17. The Balaban J connectivity index is 0.000000200. The van der Waals surface area contributed by atoms with E-state index in [1.54, 1.807) is 0 Å². The molecule has 0 radical (unpaired) electrons. The summed E-state index contributed by atoms with van der Waals surface area (Å²) in [6.45, 7) is 3.58. The number of rotatable bonds is 10. The Kier molecular flexibility index (Phi) is 14.8. The maximum Gasteiger partial charge on any atom is 0.173 e. The maximum absolute atomic E-state index is 2.21. The third-order valence-electron chi connectivity index (χ3n) is 9.06. The molecule has 4 aromatic heterocycles. The highest BCUT2D eigenvalue weighted by molar-refractivity contribution is 5.85. The van der Waals surface area contributed by atoms with Gasteiger partial charge in [-0.15, -0.1) is 24.8 Å². The molecule has 0 atom stereocenters. The predicted octanol–water partition coefficient (Wildman–Crippen LogP) is 8.89. The second-order valence-corrected chi connectivity index (χ2v) is 13.0. The molecule has 0 saturated carbocycles. The minimum Gasteiger partial charge on any atom is -0.201 e. The van der Waals surface area contributed by atoms with Crippen LogP contribution in [0.5, 0.6) is 0 Å². The van der Waals surface area contributed by atoms with Gasteiger partial charge in [-0.3, -0.25) is 0 Å². The predicted molar refractivity (Wildman–Crippen MR) is 221 cm³/mol. The van der Waals surface area contributed by atoms with Crippen molar-refractivity contribution in [3.05, 3.63) is 242 Å². The normalized spacial score (nSPS) is 10.2. The highest BCUT2D eigenvalue weighted by Gasteiger charge is 2.09. The summed E-state index contributed by atoms with van der Waals surface area (Å²) in [6.07, 6.45) is 17.2. The quantitative estimate of drug-likeness (QED) is 0.124. The van der Waals surface area contributed by atoms with Crippen LogP contribution < -0.4 is 18.3 Å². The summed E-state index contributed by atoms with van der Waals surface area (Å²) in [4.78, 5) is 0. The van der Waals surface area contributed by atoms with Crippen molar-refractivity contribution in [2.45, 2.75) is 26.2 Å². The van der Waals surface area contributed by atoms with Crippen molar-refractivity contribution in [1.29, 1.82) is 0 Å². The van der Waals surface area contributed by atoms with Gasteiger partial charge in [-0.1, -0.05) is 121 Å². The van der Waals surface area contributed by atoms with Gasteiger partial charge in [0, 0.05) is 70.8 Å². The lowest BCUT2D eigenvalue weighted by Gasteiger charge is -2.02. The maximum atomic E-state index is 2.21. The Morgan fingerprint density at radius 2 is 0.389 bits per heavy atom. The van der Waals surface area contributed by atoms with Crippen molar-refractivity contribution < 1.29 is 18.3 Å². The minimum absolute atomic E-state index is 0. The van der Waals surface area contributed by atoms with E-state index in [2.05, 4.69) is 238 Å². The van der Waals surface area contributed by atoms with Crippen LogP contribution in [0.2, 0.25) is 0 Å². The largest absolute Gasteiger partial charge is 0.201 e. The van der Waals surface area contributed by atoms with E-state index in [9.17, 15) is 0 Å². The van der Waals surface area contributed by atoms with Gasteiger partial charge >= 0.3 is 0 Å². The third-order valence-corrected chi connectivity index (χ3v) is 9.06. The molecule has 0 spiro atoms. The Bertz CT molecular complexity index is 1900. The first-order valence-corrected chi connectivity index (χ1v) is 17.9. The smallest absolute Gasteiger partial charge is 0.173 e. The topological polar surface area (TPSA) is 15.5 Å². The highest BCUT2D eigenvalue weighted by atomic mass is 35.5. The van der Waals surface area contributed by atoms with Crippen LogP contribution in [0.4, 0.5) is 0 Å². The Morgan fingerprint density at radius 3 is 0.556 bits per heavy atom. The SMILES string of the molecule is Cl.Cl.c1ccc(C[n+]2ccc(-c3cc[n+](Cc4ccccc4)cc3)cc2)cc1.c1ccc(C[n+]2ccc(-c3cc[n+](Cc4ccccc4)cc3)cc2)cc1. The van der Waals surface area contributed by atoms with Crippen LogP contribution >= 0.6 is 24.8 Å². The molecule has 6 heteroatoms. The summed E-state index contributed by atoms with van der Waals surface area (Å²) < 4.78 is 8.82. The van der Waals surface area contributed by atoms with E-state index in [0.717, 1.165) is 26.2 Å². The van der Waals surface area contributed by atoms with Crippen molar-refractivity contribution in [2.24, 2.45) is 0 Å². The Morgan fingerprint density at radius 1 is 0.222 bits per heavy atom. The molecule has 54 heavy (non-hydrogen) atoms. The number of halogens is 2. The summed E-state index contributed by atoms with van der Waals surface area (Å²) in [5.41, 5.74) is 10.2. The number of benzene rings is 4. The van der Waals surface area contributed by atoms with Crippen LogP contribution in [0.25, 0.3) is 22.3 Å². The standard InChI is InChI=1S/2C24H22N2.2ClH/c2*1-3-7-21(8-4-1)19-25-15-11-23(12-16-25)24-13-17-26(18-14-24)20-22-9-5-2-6-10-22;;/h2*1-18H,19-20H2;2*1H/q2*+2;;. The average Bonchev–Trinajstić information content (AvgIpc) is 3.21. The molecule has 268 valence electrons. The van der Waals surface area contributed by atoms with E-state index < -0.39 is 0 Å². The molecule has 8 aromatic rings. The zero-order valence-corrected chi connectivity index (χ0v) is 31.9. The molecular formula is C48H46Cl2N4+4. The van der Waals surface area contributed by atoms with Crippen LogP contribution in [0.1, 0.15) is 22.3 Å². The van der Waals surface area contributed by atoms with Gasteiger partial charge in [0.2, 0.25) is 0 Å². The third kappa shape index (κ3) is 11.5. The number of pyridine rings is 4. The van der Waals surface area contributed by atoms with E-state index >= 15 is 0 Å². The van der Waals surface area contributed by atoms with E-state index in [1.165, 1.54) is 44.5 Å².